The fraction of sp³-hybridized carbons (Fsp3) is 0.500. The lowest BCUT2D eigenvalue weighted by Crippen LogP contribution is -2.20. The Labute approximate surface area is 112 Å². The number of halogens is 1. The molecule has 1 N–H and O–H groups in total. The number of hydrogen-bond acceptors (Lipinski definition) is 4. The minimum absolute atomic E-state index is 0.0622. The molecule has 0 radical (unpaired) electrons. The molecule has 0 aromatic heterocycles. The number of hydrogen-bond donors (Lipinski definition) is 1. The molecule has 0 fully saturated rings. The Hall–Kier alpha value is -1.62. The van der Waals surface area contributed by atoms with Crippen LogP contribution in [0.25, 0.3) is 0 Å². The molecule has 5 heteroatoms. The van der Waals surface area contributed by atoms with Gasteiger partial charge in [0.1, 0.15) is 0 Å². The molecule has 0 saturated heterocycles. The summed E-state index contributed by atoms with van der Waals surface area (Å²) in [5, 5.41) is 3.26. The first-order chi connectivity index (χ1) is 9.08. The number of ether oxygens (including phenoxy) is 2. The minimum atomic E-state index is -0.371. The van der Waals surface area contributed by atoms with Crippen LogP contribution in [0.2, 0.25) is 0 Å². The highest BCUT2D eigenvalue weighted by molar-refractivity contribution is 5.69. The number of carbonyl (C=O) groups excluding carboxylic acids is 1. The summed E-state index contributed by atoms with van der Waals surface area (Å²) >= 11 is 0. The van der Waals surface area contributed by atoms with Crippen LogP contribution < -0.4 is 10.1 Å². The Balaban J connectivity index is 2.45. The Kier molecular flexibility index (Phi) is 6.29. The summed E-state index contributed by atoms with van der Waals surface area (Å²) in [6, 6.07) is 4.84. The minimum Gasteiger partial charge on any atom is -0.494 e. The summed E-state index contributed by atoms with van der Waals surface area (Å²) < 4.78 is 22.8. The van der Waals surface area contributed by atoms with E-state index in [1.165, 1.54) is 20.3 Å². The lowest BCUT2D eigenvalue weighted by molar-refractivity contribution is -0.140. The van der Waals surface area contributed by atoms with Crippen molar-refractivity contribution in [2.24, 2.45) is 0 Å². The SMILES string of the molecule is COC(=O)CCCNC(C)c1ccc(F)c(OC)c1. The molecule has 0 aliphatic rings. The lowest BCUT2D eigenvalue weighted by atomic mass is 10.1. The van der Waals surface area contributed by atoms with Crippen molar-refractivity contribution in [3.63, 3.8) is 0 Å². The normalized spacial score (nSPS) is 12.0. The second-order valence-electron chi connectivity index (χ2n) is 4.25. The number of esters is 1. The molecule has 0 heterocycles. The van der Waals surface area contributed by atoms with Crippen LogP contribution >= 0.6 is 0 Å². The average molecular weight is 269 g/mol. The van der Waals surface area contributed by atoms with Crippen LogP contribution in [0.4, 0.5) is 4.39 Å². The van der Waals surface area contributed by atoms with Crippen LogP contribution in [-0.4, -0.2) is 26.7 Å². The van der Waals surface area contributed by atoms with Gasteiger partial charge < -0.3 is 14.8 Å². The quantitative estimate of drug-likeness (QED) is 0.610. The second kappa shape index (κ2) is 7.74. The summed E-state index contributed by atoms with van der Waals surface area (Å²) in [5.74, 6) is -0.345. The van der Waals surface area contributed by atoms with Gasteiger partial charge in [0.2, 0.25) is 0 Å². The molecule has 1 rings (SSSR count). The third-order valence-corrected chi connectivity index (χ3v) is 2.91. The van der Waals surface area contributed by atoms with Gasteiger partial charge in [-0.3, -0.25) is 4.79 Å². The van der Waals surface area contributed by atoms with Gasteiger partial charge in [0.25, 0.3) is 0 Å². The largest absolute Gasteiger partial charge is 0.494 e. The van der Waals surface area contributed by atoms with Crippen LogP contribution in [0, 0.1) is 5.82 Å². The van der Waals surface area contributed by atoms with E-state index in [1.807, 2.05) is 6.92 Å². The Morgan fingerprint density at radius 2 is 2.16 bits per heavy atom. The molecule has 0 bridgehead atoms. The van der Waals surface area contributed by atoms with Gasteiger partial charge in [0, 0.05) is 12.5 Å². The Bertz CT molecular complexity index is 423. The molecule has 106 valence electrons. The van der Waals surface area contributed by atoms with Gasteiger partial charge in [-0.25, -0.2) is 4.39 Å². The number of carbonyl (C=O) groups is 1. The zero-order valence-corrected chi connectivity index (χ0v) is 11.5. The van der Waals surface area contributed by atoms with Gasteiger partial charge in [0.05, 0.1) is 14.2 Å². The van der Waals surface area contributed by atoms with Crippen molar-refractivity contribution in [2.75, 3.05) is 20.8 Å². The summed E-state index contributed by atoms with van der Waals surface area (Å²) in [5.41, 5.74) is 0.941. The third-order valence-electron chi connectivity index (χ3n) is 2.91. The van der Waals surface area contributed by atoms with Crippen molar-refractivity contribution in [1.82, 2.24) is 5.32 Å². The van der Waals surface area contributed by atoms with E-state index in [9.17, 15) is 9.18 Å². The highest BCUT2D eigenvalue weighted by Crippen LogP contribution is 2.22. The van der Waals surface area contributed by atoms with Gasteiger partial charge in [-0.15, -0.1) is 0 Å². The van der Waals surface area contributed by atoms with E-state index < -0.39 is 0 Å². The van der Waals surface area contributed by atoms with Crippen LogP contribution in [0.1, 0.15) is 31.4 Å². The van der Waals surface area contributed by atoms with Crippen molar-refractivity contribution in [2.45, 2.75) is 25.8 Å². The molecule has 0 saturated carbocycles. The predicted octanol–water partition coefficient (Wildman–Crippen LogP) is 2.44. The molecule has 4 nitrogen and oxygen atoms in total. The first-order valence-electron chi connectivity index (χ1n) is 6.22. The van der Waals surface area contributed by atoms with E-state index >= 15 is 0 Å². The van der Waals surface area contributed by atoms with Crippen LogP contribution in [-0.2, 0) is 9.53 Å². The second-order valence-corrected chi connectivity index (χ2v) is 4.25. The summed E-state index contributed by atoms with van der Waals surface area (Å²) in [4.78, 5) is 10.9. The summed E-state index contributed by atoms with van der Waals surface area (Å²) in [6.45, 7) is 2.67. The maximum atomic E-state index is 13.3. The van der Waals surface area contributed by atoms with Crippen molar-refractivity contribution in [3.8, 4) is 5.75 Å². The molecule has 0 amide bonds. The average Bonchev–Trinajstić information content (AvgIpc) is 2.43. The van der Waals surface area contributed by atoms with Crippen LogP contribution in [0.3, 0.4) is 0 Å². The Morgan fingerprint density at radius 3 is 2.79 bits per heavy atom. The fourth-order valence-corrected chi connectivity index (χ4v) is 1.72. The monoisotopic (exact) mass is 269 g/mol. The van der Waals surface area contributed by atoms with Gasteiger partial charge in [-0.1, -0.05) is 6.07 Å². The van der Waals surface area contributed by atoms with Crippen molar-refractivity contribution >= 4 is 5.97 Å². The predicted molar refractivity (Wildman–Crippen MR) is 70.6 cm³/mol. The van der Waals surface area contributed by atoms with Crippen molar-refractivity contribution < 1.29 is 18.7 Å². The van der Waals surface area contributed by atoms with Crippen LogP contribution in [0.5, 0.6) is 5.75 Å². The zero-order valence-electron chi connectivity index (χ0n) is 11.5. The van der Waals surface area contributed by atoms with Crippen molar-refractivity contribution in [1.29, 1.82) is 0 Å². The van der Waals surface area contributed by atoms with Crippen molar-refractivity contribution in [3.05, 3.63) is 29.6 Å². The molecule has 1 aromatic rings. The van der Waals surface area contributed by atoms with E-state index in [0.29, 0.717) is 19.4 Å². The molecule has 1 atom stereocenters. The summed E-state index contributed by atoms with van der Waals surface area (Å²) in [7, 11) is 2.82. The third kappa shape index (κ3) is 4.87. The highest BCUT2D eigenvalue weighted by Gasteiger charge is 2.09. The van der Waals surface area contributed by atoms with E-state index in [0.717, 1.165) is 5.56 Å². The topological polar surface area (TPSA) is 47.6 Å². The molecule has 1 aromatic carbocycles. The van der Waals surface area contributed by atoms with Gasteiger partial charge in [-0.05, 0) is 37.6 Å². The van der Waals surface area contributed by atoms with Gasteiger partial charge >= 0.3 is 5.97 Å². The summed E-state index contributed by atoms with van der Waals surface area (Å²) in [6.07, 6.45) is 1.10. The molecule has 1 unspecified atom stereocenters. The Morgan fingerprint density at radius 1 is 1.42 bits per heavy atom. The molecule has 0 aliphatic carbocycles. The first kappa shape index (κ1) is 15.4. The maximum absolute atomic E-state index is 13.3. The van der Waals surface area contributed by atoms with E-state index in [-0.39, 0.29) is 23.6 Å². The molecule has 19 heavy (non-hydrogen) atoms. The van der Waals surface area contributed by atoms with E-state index in [1.54, 1.807) is 12.1 Å². The number of benzene rings is 1. The number of rotatable bonds is 7. The molecule has 0 spiro atoms. The number of nitrogens with one attached hydrogen (secondary N) is 1. The zero-order chi connectivity index (χ0) is 14.3. The smallest absolute Gasteiger partial charge is 0.305 e. The lowest BCUT2D eigenvalue weighted by Gasteiger charge is -2.15. The number of methoxy groups -OCH3 is 2. The standard InChI is InChI=1S/C14H20FNO3/c1-10(16-8-4-5-14(17)19-3)11-6-7-12(15)13(9-11)18-2/h6-7,9-10,16H,4-5,8H2,1-3H3. The van der Waals surface area contributed by atoms with E-state index in [2.05, 4.69) is 10.1 Å². The molecule has 0 aliphatic heterocycles. The van der Waals surface area contributed by atoms with Gasteiger partial charge in [-0.2, -0.15) is 0 Å². The molecular formula is C14H20FNO3. The maximum Gasteiger partial charge on any atom is 0.305 e. The van der Waals surface area contributed by atoms with Crippen LogP contribution in [0.15, 0.2) is 18.2 Å². The van der Waals surface area contributed by atoms with E-state index in [4.69, 9.17) is 4.74 Å². The molecular weight excluding hydrogens is 249 g/mol. The highest BCUT2D eigenvalue weighted by atomic mass is 19.1. The van der Waals surface area contributed by atoms with Gasteiger partial charge in [0.15, 0.2) is 11.6 Å². The first-order valence-corrected chi connectivity index (χ1v) is 6.22. The fourth-order valence-electron chi connectivity index (χ4n) is 1.72.